The molecule has 0 aromatic carbocycles. The van der Waals surface area contributed by atoms with Crippen LogP contribution in [0.4, 0.5) is 0 Å². The molecule has 0 fully saturated rings. The molecule has 0 saturated carbocycles. The Labute approximate surface area is 101 Å². The highest BCUT2D eigenvalue weighted by atomic mass is 32.1. The number of hydrogen-bond acceptors (Lipinski definition) is 4. The standard InChI is InChI=1S/C12H19NO2S/c1-6-12(7-2,15-5)11-13-8(3)10(16-11)9(4)14/h6-7H2,1-5H3. The van der Waals surface area contributed by atoms with E-state index in [0.29, 0.717) is 0 Å². The van der Waals surface area contributed by atoms with Gasteiger partial charge in [-0.2, -0.15) is 0 Å². The fraction of sp³-hybridized carbons (Fsp3) is 0.667. The molecule has 1 heterocycles. The Morgan fingerprint density at radius 1 is 1.44 bits per heavy atom. The van der Waals surface area contributed by atoms with Gasteiger partial charge in [-0.15, -0.1) is 11.3 Å². The highest BCUT2D eigenvalue weighted by Gasteiger charge is 2.32. The maximum absolute atomic E-state index is 11.4. The van der Waals surface area contributed by atoms with Crippen LogP contribution in [-0.4, -0.2) is 17.9 Å². The summed E-state index contributed by atoms with van der Waals surface area (Å²) >= 11 is 1.46. The lowest BCUT2D eigenvalue weighted by Gasteiger charge is -2.27. The van der Waals surface area contributed by atoms with Crippen LogP contribution in [0, 0.1) is 6.92 Å². The summed E-state index contributed by atoms with van der Waals surface area (Å²) in [4.78, 5) is 16.6. The maximum atomic E-state index is 11.4. The second kappa shape index (κ2) is 5.06. The molecule has 0 amide bonds. The van der Waals surface area contributed by atoms with E-state index in [1.807, 2.05) is 6.92 Å². The molecule has 0 radical (unpaired) electrons. The Morgan fingerprint density at radius 2 is 2.00 bits per heavy atom. The molecule has 0 aliphatic rings. The average molecular weight is 241 g/mol. The summed E-state index contributed by atoms with van der Waals surface area (Å²) in [5, 5.41) is 0.919. The quantitative estimate of drug-likeness (QED) is 0.742. The molecule has 0 unspecified atom stereocenters. The van der Waals surface area contributed by atoms with E-state index in [2.05, 4.69) is 18.8 Å². The van der Waals surface area contributed by atoms with E-state index < -0.39 is 0 Å². The zero-order valence-electron chi connectivity index (χ0n) is 10.6. The predicted molar refractivity (Wildman–Crippen MR) is 66.1 cm³/mol. The van der Waals surface area contributed by atoms with Crippen molar-refractivity contribution in [2.75, 3.05) is 7.11 Å². The summed E-state index contributed by atoms with van der Waals surface area (Å²) in [6, 6.07) is 0. The molecule has 0 aliphatic heterocycles. The van der Waals surface area contributed by atoms with Gasteiger partial charge in [-0.25, -0.2) is 4.98 Å². The van der Waals surface area contributed by atoms with Crippen LogP contribution in [0.5, 0.6) is 0 Å². The van der Waals surface area contributed by atoms with Crippen LogP contribution >= 0.6 is 11.3 Å². The van der Waals surface area contributed by atoms with Gasteiger partial charge in [-0.1, -0.05) is 13.8 Å². The second-order valence-corrected chi connectivity index (χ2v) is 4.89. The minimum absolute atomic E-state index is 0.0819. The van der Waals surface area contributed by atoms with Crippen molar-refractivity contribution in [3.63, 3.8) is 0 Å². The number of aryl methyl sites for hydroxylation is 1. The van der Waals surface area contributed by atoms with Gasteiger partial charge >= 0.3 is 0 Å². The second-order valence-electron chi connectivity index (χ2n) is 3.90. The summed E-state index contributed by atoms with van der Waals surface area (Å²) in [5.74, 6) is 0.0819. The summed E-state index contributed by atoms with van der Waals surface area (Å²) in [7, 11) is 1.71. The third-order valence-corrected chi connectivity index (χ3v) is 4.48. The molecule has 0 N–H and O–H groups in total. The first-order valence-corrected chi connectivity index (χ1v) is 6.36. The van der Waals surface area contributed by atoms with E-state index >= 15 is 0 Å². The van der Waals surface area contributed by atoms with Crippen molar-refractivity contribution in [2.45, 2.75) is 46.1 Å². The van der Waals surface area contributed by atoms with Gasteiger partial charge in [-0.05, 0) is 19.8 Å². The largest absolute Gasteiger partial charge is 0.371 e. The number of thiazole rings is 1. The smallest absolute Gasteiger partial charge is 0.171 e. The van der Waals surface area contributed by atoms with Gasteiger partial charge in [0.25, 0.3) is 0 Å². The summed E-state index contributed by atoms with van der Waals surface area (Å²) in [6.07, 6.45) is 1.73. The molecular weight excluding hydrogens is 222 g/mol. The maximum Gasteiger partial charge on any atom is 0.171 e. The van der Waals surface area contributed by atoms with Crippen LogP contribution in [0.1, 0.15) is 54.0 Å². The molecule has 1 rings (SSSR count). The topological polar surface area (TPSA) is 39.2 Å². The summed E-state index contributed by atoms with van der Waals surface area (Å²) in [5.41, 5.74) is 0.485. The van der Waals surface area contributed by atoms with E-state index in [4.69, 9.17) is 4.74 Å². The molecule has 0 spiro atoms. The molecular formula is C12H19NO2S. The average Bonchev–Trinajstić information content (AvgIpc) is 2.64. The number of aromatic nitrogens is 1. The minimum Gasteiger partial charge on any atom is -0.371 e. The molecule has 0 saturated heterocycles. The number of carbonyl (C=O) groups is 1. The van der Waals surface area contributed by atoms with Gasteiger partial charge in [0, 0.05) is 14.0 Å². The molecule has 0 bridgehead atoms. The van der Waals surface area contributed by atoms with Crippen LogP contribution in [0.2, 0.25) is 0 Å². The van der Waals surface area contributed by atoms with Crippen LogP contribution in [-0.2, 0) is 10.3 Å². The van der Waals surface area contributed by atoms with E-state index in [0.717, 1.165) is 28.4 Å². The van der Waals surface area contributed by atoms with Crippen molar-refractivity contribution in [2.24, 2.45) is 0 Å². The van der Waals surface area contributed by atoms with E-state index in [1.165, 1.54) is 11.3 Å². The lowest BCUT2D eigenvalue weighted by atomic mass is 9.98. The molecule has 4 heteroatoms. The lowest BCUT2D eigenvalue weighted by molar-refractivity contribution is -0.0219. The third-order valence-electron chi connectivity index (χ3n) is 3.04. The fourth-order valence-electron chi connectivity index (χ4n) is 1.85. The lowest BCUT2D eigenvalue weighted by Crippen LogP contribution is -2.26. The fourth-order valence-corrected chi connectivity index (χ4v) is 3.12. The number of ether oxygens (including phenoxy) is 1. The number of hydrogen-bond donors (Lipinski definition) is 0. The predicted octanol–water partition coefficient (Wildman–Crippen LogP) is 3.32. The van der Waals surface area contributed by atoms with Crippen molar-refractivity contribution >= 4 is 17.1 Å². The monoisotopic (exact) mass is 241 g/mol. The Hall–Kier alpha value is -0.740. The van der Waals surface area contributed by atoms with Gasteiger partial charge in [0.05, 0.1) is 10.6 Å². The zero-order chi connectivity index (χ0) is 12.3. The van der Waals surface area contributed by atoms with E-state index in [-0.39, 0.29) is 11.4 Å². The minimum atomic E-state index is -0.330. The van der Waals surface area contributed by atoms with E-state index in [9.17, 15) is 4.79 Å². The molecule has 1 aromatic heterocycles. The Morgan fingerprint density at radius 3 is 2.31 bits per heavy atom. The van der Waals surface area contributed by atoms with Crippen LogP contribution in [0.15, 0.2) is 0 Å². The molecule has 0 aliphatic carbocycles. The number of carbonyl (C=O) groups excluding carboxylic acids is 1. The summed E-state index contributed by atoms with van der Waals surface area (Å²) < 4.78 is 5.61. The first kappa shape index (κ1) is 13.3. The number of nitrogens with zero attached hydrogens (tertiary/aromatic N) is 1. The van der Waals surface area contributed by atoms with Crippen LogP contribution < -0.4 is 0 Å². The number of Topliss-reactive ketones (excluding diaryl/α,β-unsaturated/α-hetero) is 1. The van der Waals surface area contributed by atoms with Gasteiger partial charge in [-0.3, -0.25) is 4.79 Å². The number of ketones is 1. The van der Waals surface area contributed by atoms with E-state index in [1.54, 1.807) is 14.0 Å². The summed E-state index contributed by atoms with van der Waals surface area (Å²) in [6.45, 7) is 7.62. The highest BCUT2D eigenvalue weighted by Crippen LogP contribution is 2.36. The van der Waals surface area contributed by atoms with Gasteiger partial charge in [0.2, 0.25) is 0 Å². The van der Waals surface area contributed by atoms with Crippen LogP contribution in [0.3, 0.4) is 0 Å². The van der Waals surface area contributed by atoms with Gasteiger partial charge in [0.1, 0.15) is 10.6 Å². The van der Waals surface area contributed by atoms with Crippen molar-refractivity contribution in [1.29, 1.82) is 0 Å². The molecule has 16 heavy (non-hydrogen) atoms. The molecule has 3 nitrogen and oxygen atoms in total. The van der Waals surface area contributed by atoms with Crippen molar-refractivity contribution in [3.05, 3.63) is 15.6 Å². The Bertz CT molecular complexity index is 372. The molecule has 0 atom stereocenters. The van der Waals surface area contributed by atoms with Crippen molar-refractivity contribution < 1.29 is 9.53 Å². The van der Waals surface area contributed by atoms with Gasteiger partial charge in [0.15, 0.2) is 5.78 Å². The SMILES string of the molecule is CCC(CC)(OC)c1nc(C)c(C(C)=O)s1. The first-order valence-electron chi connectivity index (χ1n) is 5.54. The number of rotatable bonds is 5. The number of methoxy groups -OCH3 is 1. The Balaban J connectivity index is 3.22. The normalized spacial score (nSPS) is 11.8. The first-order chi connectivity index (χ1) is 7.50. The van der Waals surface area contributed by atoms with Crippen molar-refractivity contribution in [3.8, 4) is 0 Å². The van der Waals surface area contributed by atoms with Crippen molar-refractivity contribution in [1.82, 2.24) is 4.98 Å². The zero-order valence-corrected chi connectivity index (χ0v) is 11.4. The van der Waals surface area contributed by atoms with Crippen LogP contribution in [0.25, 0.3) is 0 Å². The van der Waals surface area contributed by atoms with Gasteiger partial charge < -0.3 is 4.74 Å². The highest BCUT2D eigenvalue weighted by molar-refractivity contribution is 7.14. The third kappa shape index (κ3) is 2.18. The molecule has 90 valence electrons. The molecule has 1 aromatic rings. The Kier molecular flexibility index (Phi) is 4.21.